The Morgan fingerprint density at radius 3 is 1.96 bits per heavy atom. The third kappa shape index (κ3) is 2.93. The second-order valence-electron chi connectivity index (χ2n) is 6.01. The molecule has 0 saturated carbocycles. The fourth-order valence-electron chi connectivity index (χ4n) is 3.08. The third-order valence-electron chi connectivity index (χ3n) is 4.38. The molecule has 0 atom stereocenters. The lowest BCUT2D eigenvalue weighted by Gasteiger charge is -2.21. The van der Waals surface area contributed by atoms with Crippen molar-refractivity contribution < 1.29 is 14.4 Å². The molecule has 0 fully saturated rings. The van der Waals surface area contributed by atoms with Crippen LogP contribution in [0.4, 0.5) is 5.69 Å². The molecule has 0 aliphatic heterocycles. The highest BCUT2D eigenvalue weighted by Crippen LogP contribution is 2.36. The lowest BCUT2D eigenvalue weighted by molar-refractivity contribution is 0.0978. The van der Waals surface area contributed by atoms with Crippen molar-refractivity contribution in [2.45, 2.75) is 0 Å². The highest BCUT2D eigenvalue weighted by atomic mass is 35.5. The van der Waals surface area contributed by atoms with Crippen molar-refractivity contribution >= 4 is 46.4 Å². The van der Waals surface area contributed by atoms with Gasteiger partial charge in [0.1, 0.15) is 0 Å². The number of benzene rings is 3. The Hall–Kier alpha value is -2.95. The molecule has 0 radical (unpaired) electrons. The van der Waals surface area contributed by atoms with Crippen molar-refractivity contribution in [3.63, 3.8) is 0 Å². The van der Waals surface area contributed by atoms with E-state index in [0.717, 1.165) is 0 Å². The van der Waals surface area contributed by atoms with Gasteiger partial charge in [-0.05, 0) is 36.4 Å². The summed E-state index contributed by atoms with van der Waals surface area (Å²) in [5.41, 5.74) is 1.42. The second kappa shape index (κ2) is 6.65. The minimum absolute atomic E-state index is 0.105. The topological polar surface area (TPSA) is 63.2 Å². The molecule has 4 rings (SSSR count). The fraction of sp³-hybridized carbons (Fsp3) is 0. The Morgan fingerprint density at radius 2 is 1.33 bits per heavy atom. The standard InChI is InChI=1S/C21H11Cl2NO3/c22-12-7-5-11(6-8-12)21(27)24-16-10-9-15(23)17-18(16)20(26)14-4-2-1-3-13(14)19(17)25/h1-10H,(H,24,27). The fourth-order valence-corrected chi connectivity index (χ4v) is 3.45. The molecule has 27 heavy (non-hydrogen) atoms. The first kappa shape index (κ1) is 17.5. The summed E-state index contributed by atoms with van der Waals surface area (Å²) in [6.07, 6.45) is 0. The van der Waals surface area contributed by atoms with Crippen LogP contribution in [0, 0.1) is 0 Å². The molecule has 0 spiro atoms. The molecule has 0 unspecified atom stereocenters. The first-order valence-corrected chi connectivity index (χ1v) is 8.81. The molecule has 0 heterocycles. The van der Waals surface area contributed by atoms with Gasteiger partial charge in [-0.3, -0.25) is 14.4 Å². The number of anilines is 1. The summed E-state index contributed by atoms with van der Waals surface area (Å²) in [5.74, 6) is -1.11. The van der Waals surface area contributed by atoms with E-state index >= 15 is 0 Å². The van der Waals surface area contributed by atoms with Gasteiger partial charge in [0.15, 0.2) is 11.6 Å². The van der Waals surface area contributed by atoms with E-state index < -0.39 is 5.91 Å². The molecule has 1 aliphatic carbocycles. The summed E-state index contributed by atoms with van der Waals surface area (Å²) in [6.45, 7) is 0. The monoisotopic (exact) mass is 395 g/mol. The molecule has 1 N–H and O–H groups in total. The van der Waals surface area contributed by atoms with Crippen molar-refractivity contribution in [1.29, 1.82) is 0 Å². The van der Waals surface area contributed by atoms with Gasteiger partial charge < -0.3 is 5.32 Å². The summed E-state index contributed by atoms with van der Waals surface area (Å²) in [5, 5.41) is 3.38. The van der Waals surface area contributed by atoms with E-state index in [2.05, 4.69) is 5.32 Å². The Bertz CT molecular complexity index is 1120. The lowest BCUT2D eigenvalue weighted by Crippen LogP contribution is -2.24. The van der Waals surface area contributed by atoms with E-state index in [1.807, 2.05) is 0 Å². The highest BCUT2D eigenvalue weighted by molar-refractivity contribution is 6.40. The number of amides is 1. The zero-order valence-corrected chi connectivity index (χ0v) is 15.3. The maximum Gasteiger partial charge on any atom is 0.255 e. The summed E-state index contributed by atoms with van der Waals surface area (Å²) < 4.78 is 0. The summed E-state index contributed by atoms with van der Waals surface area (Å²) in [4.78, 5) is 38.4. The van der Waals surface area contributed by atoms with Crippen molar-refractivity contribution in [2.75, 3.05) is 5.32 Å². The Balaban J connectivity index is 1.81. The lowest BCUT2D eigenvalue weighted by atomic mass is 9.83. The highest BCUT2D eigenvalue weighted by Gasteiger charge is 2.33. The van der Waals surface area contributed by atoms with Gasteiger partial charge in [-0.15, -0.1) is 0 Å². The number of halogens is 2. The van der Waals surface area contributed by atoms with Crippen molar-refractivity contribution in [2.24, 2.45) is 0 Å². The van der Waals surface area contributed by atoms with Crippen molar-refractivity contribution in [3.05, 3.63) is 98.5 Å². The Morgan fingerprint density at radius 1 is 0.741 bits per heavy atom. The van der Waals surface area contributed by atoms with Gasteiger partial charge in [-0.1, -0.05) is 47.5 Å². The van der Waals surface area contributed by atoms with Crippen LogP contribution in [-0.4, -0.2) is 17.5 Å². The van der Waals surface area contributed by atoms with Crippen molar-refractivity contribution in [1.82, 2.24) is 0 Å². The van der Waals surface area contributed by atoms with Crippen LogP contribution >= 0.6 is 23.2 Å². The smallest absolute Gasteiger partial charge is 0.255 e. The zero-order chi connectivity index (χ0) is 19.1. The first-order chi connectivity index (χ1) is 13.0. The first-order valence-electron chi connectivity index (χ1n) is 8.05. The van der Waals surface area contributed by atoms with Crippen LogP contribution in [-0.2, 0) is 0 Å². The average Bonchev–Trinajstić information content (AvgIpc) is 2.68. The van der Waals surface area contributed by atoms with Crippen LogP contribution in [0.3, 0.4) is 0 Å². The van der Waals surface area contributed by atoms with Gasteiger partial charge in [0, 0.05) is 21.7 Å². The zero-order valence-electron chi connectivity index (χ0n) is 13.8. The van der Waals surface area contributed by atoms with E-state index in [1.54, 1.807) is 48.5 Å². The van der Waals surface area contributed by atoms with Gasteiger partial charge in [-0.25, -0.2) is 0 Å². The van der Waals surface area contributed by atoms with Crippen LogP contribution in [0.15, 0.2) is 60.7 Å². The molecule has 3 aromatic rings. The minimum atomic E-state index is -0.421. The molecule has 6 heteroatoms. The van der Waals surface area contributed by atoms with Crippen molar-refractivity contribution in [3.8, 4) is 0 Å². The van der Waals surface area contributed by atoms with Crippen LogP contribution in [0.1, 0.15) is 42.2 Å². The quantitative estimate of drug-likeness (QED) is 0.518. The normalized spacial score (nSPS) is 12.4. The molecular formula is C21H11Cl2NO3. The van der Waals surface area contributed by atoms with Gasteiger partial charge >= 0.3 is 0 Å². The van der Waals surface area contributed by atoms with Gasteiger partial charge in [0.2, 0.25) is 0 Å². The van der Waals surface area contributed by atoms with Gasteiger partial charge in [-0.2, -0.15) is 0 Å². The molecule has 132 valence electrons. The average molecular weight is 396 g/mol. The number of hydrogen-bond donors (Lipinski definition) is 1. The van der Waals surface area contributed by atoms with Crippen LogP contribution in [0.5, 0.6) is 0 Å². The number of carbonyl (C=O) groups is 3. The molecule has 0 aromatic heterocycles. The number of carbonyl (C=O) groups excluding carboxylic acids is 3. The minimum Gasteiger partial charge on any atom is -0.321 e. The predicted octanol–water partition coefficient (Wildman–Crippen LogP) is 5.02. The van der Waals surface area contributed by atoms with E-state index in [1.165, 1.54) is 12.1 Å². The van der Waals surface area contributed by atoms with E-state index in [9.17, 15) is 14.4 Å². The van der Waals surface area contributed by atoms with E-state index in [0.29, 0.717) is 21.7 Å². The molecule has 1 amide bonds. The largest absolute Gasteiger partial charge is 0.321 e. The molecule has 0 bridgehead atoms. The Kier molecular flexibility index (Phi) is 4.30. The van der Waals surface area contributed by atoms with E-state index in [-0.39, 0.29) is 33.4 Å². The number of ketones is 2. The van der Waals surface area contributed by atoms with Gasteiger partial charge in [0.25, 0.3) is 5.91 Å². The molecule has 4 nitrogen and oxygen atoms in total. The van der Waals surface area contributed by atoms with Crippen LogP contribution < -0.4 is 5.32 Å². The summed E-state index contributed by atoms with van der Waals surface area (Å²) >= 11 is 12.1. The Labute approximate surface area is 164 Å². The predicted molar refractivity (Wildman–Crippen MR) is 104 cm³/mol. The maximum absolute atomic E-state index is 13.0. The maximum atomic E-state index is 13.0. The third-order valence-corrected chi connectivity index (χ3v) is 4.95. The SMILES string of the molecule is O=C(Nc1ccc(Cl)c2c1C(=O)c1ccccc1C2=O)c1ccc(Cl)cc1. The van der Waals surface area contributed by atoms with Crippen LogP contribution in [0.2, 0.25) is 10.0 Å². The van der Waals surface area contributed by atoms with E-state index in [4.69, 9.17) is 23.2 Å². The second-order valence-corrected chi connectivity index (χ2v) is 6.85. The number of nitrogens with one attached hydrogen (secondary N) is 1. The number of fused-ring (bicyclic) bond motifs is 2. The summed E-state index contributed by atoms with van der Waals surface area (Å²) in [6, 6.07) is 15.9. The van der Waals surface area contributed by atoms with Crippen LogP contribution in [0.25, 0.3) is 0 Å². The molecular weight excluding hydrogens is 385 g/mol. The molecule has 3 aromatic carbocycles. The van der Waals surface area contributed by atoms with Gasteiger partial charge in [0.05, 0.1) is 21.8 Å². The number of rotatable bonds is 2. The summed E-state index contributed by atoms with van der Waals surface area (Å²) in [7, 11) is 0. The molecule has 1 aliphatic rings. The number of hydrogen-bond acceptors (Lipinski definition) is 3. The molecule has 0 saturated heterocycles.